The maximum Gasteiger partial charge on any atom is 0.303 e. The van der Waals surface area contributed by atoms with Gasteiger partial charge in [-0.2, -0.15) is 0 Å². The standard InChI is InChI=1S/C15H22N2O4/c1-9(2)6-12-7-11(8-13(18)17-12)15(21)16-10(3)4-5-14(19)20/h7-10H,4-6H2,1-3H3,(H,16,21)(H,17,18)(H,19,20). The maximum atomic E-state index is 12.1. The fourth-order valence-corrected chi connectivity index (χ4v) is 2.00. The number of nitrogens with one attached hydrogen (secondary N) is 2. The Kier molecular flexibility index (Phi) is 6.14. The number of H-pyrrole nitrogens is 1. The summed E-state index contributed by atoms with van der Waals surface area (Å²) in [6.07, 6.45) is 1.03. The van der Waals surface area contributed by atoms with Gasteiger partial charge in [0.15, 0.2) is 0 Å². The molecule has 1 amide bonds. The summed E-state index contributed by atoms with van der Waals surface area (Å²) >= 11 is 0. The normalized spacial score (nSPS) is 12.2. The summed E-state index contributed by atoms with van der Waals surface area (Å²) in [4.78, 5) is 36.9. The van der Waals surface area contributed by atoms with Crippen LogP contribution in [0.15, 0.2) is 16.9 Å². The third-order valence-electron chi connectivity index (χ3n) is 2.96. The Balaban J connectivity index is 2.75. The number of hydrogen-bond acceptors (Lipinski definition) is 3. The molecule has 0 aromatic carbocycles. The monoisotopic (exact) mass is 294 g/mol. The molecule has 116 valence electrons. The number of carbonyl (C=O) groups is 2. The fourth-order valence-electron chi connectivity index (χ4n) is 2.00. The molecule has 0 fully saturated rings. The summed E-state index contributed by atoms with van der Waals surface area (Å²) in [5, 5.41) is 11.3. The molecule has 6 nitrogen and oxygen atoms in total. The van der Waals surface area contributed by atoms with Gasteiger partial charge in [0.2, 0.25) is 5.56 Å². The Hall–Kier alpha value is -2.11. The van der Waals surface area contributed by atoms with Gasteiger partial charge >= 0.3 is 5.97 Å². The van der Waals surface area contributed by atoms with E-state index in [9.17, 15) is 14.4 Å². The number of aromatic amines is 1. The van der Waals surface area contributed by atoms with Crippen LogP contribution in [0.5, 0.6) is 0 Å². The smallest absolute Gasteiger partial charge is 0.303 e. The van der Waals surface area contributed by atoms with E-state index in [4.69, 9.17) is 5.11 Å². The van der Waals surface area contributed by atoms with Gasteiger partial charge in [-0.1, -0.05) is 13.8 Å². The van der Waals surface area contributed by atoms with E-state index >= 15 is 0 Å². The van der Waals surface area contributed by atoms with Gasteiger partial charge < -0.3 is 15.4 Å². The summed E-state index contributed by atoms with van der Waals surface area (Å²) in [5.41, 5.74) is 0.717. The first kappa shape index (κ1) is 16.9. The summed E-state index contributed by atoms with van der Waals surface area (Å²) in [6, 6.07) is 2.66. The van der Waals surface area contributed by atoms with Crippen molar-refractivity contribution in [2.24, 2.45) is 5.92 Å². The molecule has 0 radical (unpaired) electrons. The lowest BCUT2D eigenvalue weighted by molar-refractivity contribution is -0.137. The third kappa shape index (κ3) is 6.25. The Labute approximate surface area is 123 Å². The first-order chi connectivity index (χ1) is 9.77. The molecule has 6 heteroatoms. The van der Waals surface area contributed by atoms with Crippen LogP contribution in [0.2, 0.25) is 0 Å². The number of aliphatic carboxylic acids is 1. The predicted molar refractivity (Wildman–Crippen MR) is 79.4 cm³/mol. The molecule has 1 atom stereocenters. The van der Waals surface area contributed by atoms with Crippen molar-refractivity contribution in [1.29, 1.82) is 0 Å². The highest BCUT2D eigenvalue weighted by molar-refractivity contribution is 5.94. The van der Waals surface area contributed by atoms with E-state index in [0.29, 0.717) is 24.3 Å². The zero-order valence-corrected chi connectivity index (χ0v) is 12.6. The lowest BCUT2D eigenvalue weighted by Crippen LogP contribution is -2.33. The van der Waals surface area contributed by atoms with E-state index < -0.39 is 5.97 Å². The number of carboxylic acid groups (broad SMARTS) is 1. The van der Waals surface area contributed by atoms with Crippen LogP contribution in [-0.4, -0.2) is 28.0 Å². The molecule has 3 N–H and O–H groups in total. The molecule has 0 aliphatic carbocycles. The Morgan fingerprint density at radius 3 is 2.52 bits per heavy atom. The van der Waals surface area contributed by atoms with Gasteiger partial charge in [0, 0.05) is 29.8 Å². The van der Waals surface area contributed by atoms with Crippen LogP contribution < -0.4 is 10.9 Å². The second-order valence-corrected chi connectivity index (χ2v) is 5.66. The van der Waals surface area contributed by atoms with Crippen molar-refractivity contribution < 1.29 is 14.7 Å². The minimum Gasteiger partial charge on any atom is -0.481 e. The summed E-state index contributed by atoms with van der Waals surface area (Å²) in [7, 11) is 0. The second kappa shape index (κ2) is 7.61. The van der Waals surface area contributed by atoms with Crippen molar-refractivity contribution >= 4 is 11.9 Å². The third-order valence-corrected chi connectivity index (χ3v) is 2.96. The molecule has 0 bridgehead atoms. The number of carbonyl (C=O) groups excluding carboxylic acids is 1. The highest BCUT2D eigenvalue weighted by Gasteiger charge is 2.13. The van der Waals surface area contributed by atoms with E-state index in [1.807, 2.05) is 13.8 Å². The number of amides is 1. The van der Waals surface area contributed by atoms with Gasteiger partial charge in [-0.25, -0.2) is 0 Å². The van der Waals surface area contributed by atoms with E-state index in [1.165, 1.54) is 6.07 Å². The van der Waals surface area contributed by atoms with Crippen molar-refractivity contribution in [2.75, 3.05) is 0 Å². The topological polar surface area (TPSA) is 99.3 Å². The zero-order chi connectivity index (χ0) is 16.0. The van der Waals surface area contributed by atoms with Crippen LogP contribution in [-0.2, 0) is 11.2 Å². The molecule has 1 aromatic rings. The van der Waals surface area contributed by atoms with Gasteiger partial charge in [0.1, 0.15) is 0 Å². The minimum absolute atomic E-state index is 0.00454. The van der Waals surface area contributed by atoms with Crippen molar-refractivity contribution in [3.63, 3.8) is 0 Å². The predicted octanol–water partition coefficient (Wildman–Crippen LogP) is 1.56. The number of rotatable bonds is 7. The molecule has 21 heavy (non-hydrogen) atoms. The Morgan fingerprint density at radius 2 is 1.95 bits per heavy atom. The summed E-state index contributed by atoms with van der Waals surface area (Å²) in [5.74, 6) is -0.885. The van der Waals surface area contributed by atoms with Crippen molar-refractivity contribution in [3.8, 4) is 0 Å². The molecule has 0 saturated carbocycles. The van der Waals surface area contributed by atoms with Crippen molar-refractivity contribution in [1.82, 2.24) is 10.3 Å². The molecule has 1 rings (SSSR count). The lowest BCUT2D eigenvalue weighted by atomic mass is 10.1. The van der Waals surface area contributed by atoms with E-state index in [1.54, 1.807) is 13.0 Å². The molecule has 1 heterocycles. The van der Waals surface area contributed by atoms with Crippen LogP contribution >= 0.6 is 0 Å². The van der Waals surface area contributed by atoms with E-state index in [0.717, 1.165) is 5.69 Å². The molecule has 0 saturated heterocycles. The van der Waals surface area contributed by atoms with Gasteiger partial charge in [-0.3, -0.25) is 14.4 Å². The van der Waals surface area contributed by atoms with Crippen LogP contribution in [0.3, 0.4) is 0 Å². The van der Waals surface area contributed by atoms with Gasteiger partial charge in [-0.05, 0) is 31.7 Å². The largest absolute Gasteiger partial charge is 0.481 e. The van der Waals surface area contributed by atoms with Crippen LogP contribution in [0.25, 0.3) is 0 Å². The van der Waals surface area contributed by atoms with Gasteiger partial charge in [0.05, 0.1) is 0 Å². The number of aromatic nitrogens is 1. The van der Waals surface area contributed by atoms with Gasteiger partial charge in [-0.15, -0.1) is 0 Å². The summed E-state index contributed by atoms with van der Waals surface area (Å²) < 4.78 is 0. The molecular formula is C15H22N2O4. The van der Waals surface area contributed by atoms with Crippen LogP contribution in [0.1, 0.15) is 49.7 Å². The van der Waals surface area contributed by atoms with E-state index in [2.05, 4.69) is 10.3 Å². The molecule has 0 aliphatic heterocycles. The average molecular weight is 294 g/mol. The number of carboxylic acids is 1. The zero-order valence-electron chi connectivity index (χ0n) is 12.6. The first-order valence-electron chi connectivity index (χ1n) is 7.04. The fraction of sp³-hybridized carbons (Fsp3) is 0.533. The summed E-state index contributed by atoms with van der Waals surface area (Å²) in [6.45, 7) is 5.79. The Morgan fingerprint density at radius 1 is 1.29 bits per heavy atom. The molecule has 0 aliphatic rings. The second-order valence-electron chi connectivity index (χ2n) is 5.66. The highest BCUT2D eigenvalue weighted by Crippen LogP contribution is 2.07. The highest BCUT2D eigenvalue weighted by atomic mass is 16.4. The van der Waals surface area contributed by atoms with Gasteiger partial charge in [0.25, 0.3) is 5.91 Å². The quantitative estimate of drug-likeness (QED) is 0.710. The molecule has 0 spiro atoms. The first-order valence-corrected chi connectivity index (χ1v) is 7.04. The maximum absolute atomic E-state index is 12.1. The number of pyridine rings is 1. The number of hydrogen-bond donors (Lipinski definition) is 3. The lowest BCUT2D eigenvalue weighted by Gasteiger charge is -2.13. The van der Waals surface area contributed by atoms with Crippen LogP contribution in [0.4, 0.5) is 0 Å². The molecule has 1 unspecified atom stereocenters. The van der Waals surface area contributed by atoms with Crippen LogP contribution in [0, 0.1) is 5.92 Å². The SMILES string of the molecule is CC(C)Cc1cc(C(=O)NC(C)CCC(=O)O)cc(=O)[nH]1. The van der Waals surface area contributed by atoms with Crippen molar-refractivity contribution in [3.05, 3.63) is 33.7 Å². The average Bonchev–Trinajstić information content (AvgIpc) is 2.34. The Bertz CT molecular complexity index is 563. The molecule has 1 aromatic heterocycles. The van der Waals surface area contributed by atoms with Crippen molar-refractivity contribution in [2.45, 2.75) is 46.1 Å². The molecular weight excluding hydrogens is 272 g/mol. The van der Waals surface area contributed by atoms with E-state index in [-0.39, 0.29) is 23.9 Å². The minimum atomic E-state index is -0.897.